The van der Waals surface area contributed by atoms with Gasteiger partial charge in [-0.15, -0.1) is 0 Å². The first-order valence-electron chi connectivity index (χ1n) is 13.7. The van der Waals surface area contributed by atoms with Crippen molar-refractivity contribution in [3.63, 3.8) is 0 Å². The standard InChI is InChI=1S/C30H36N4O6/c1-30(2)5-7-34(8-6-30)13-15-11-19(35)21-16(18(15)12-31)9-14-10-17-22(26(37)20(14)25(21)36)27(38)23(29(32)40)28(39)24(17)33(3)4/h11,14,17,22,24,35-36,39H,5-10,13H2,1-4H3,(H2,32,40)/t14-,17+,22+,24-/m0/s1. The van der Waals surface area contributed by atoms with Crippen LogP contribution < -0.4 is 5.73 Å². The highest BCUT2D eigenvalue weighted by Crippen LogP contribution is 2.51. The second kappa shape index (κ2) is 9.75. The van der Waals surface area contributed by atoms with Crippen LogP contribution in [0.1, 0.15) is 55.4 Å². The number of aliphatic hydroxyl groups is 2. The van der Waals surface area contributed by atoms with Crippen molar-refractivity contribution in [1.82, 2.24) is 9.80 Å². The van der Waals surface area contributed by atoms with Crippen LogP contribution in [-0.4, -0.2) is 75.8 Å². The number of nitrogens with zero attached hydrogens (tertiary/aromatic N) is 3. The van der Waals surface area contributed by atoms with Gasteiger partial charge < -0.3 is 21.1 Å². The van der Waals surface area contributed by atoms with Crippen LogP contribution in [0.15, 0.2) is 23.0 Å². The van der Waals surface area contributed by atoms with Crippen LogP contribution in [0.25, 0.3) is 5.76 Å². The summed E-state index contributed by atoms with van der Waals surface area (Å²) < 4.78 is 0. The van der Waals surface area contributed by atoms with Gasteiger partial charge in [0.1, 0.15) is 22.8 Å². The number of carbonyl (C=O) groups is 3. The molecule has 0 spiro atoms. The maximum absolute atomic E-state index is 13.8. The van der Waals surface area contributed by atoms with Crippen molar-refractivity contribution in [1.29, 1.82) is 5.26 Å². The van der Waals surface area contributed by atoms with E-state index >= 15 is 0 Å². The predicted molar refractivity (Wildman–Crippen MR) is 146 cm³/mol. The van der Waals surface area contributed by atoms with Crippen molar-refractivity contribution in [2.75, 3.05) is 27.2 Å². The molecule has 0 unspecified atom stereocenters. The minimum absolute atomic E-state index is 0.00928. The number of carbonyl (C=O) groups excluding carboxylic acids is 3. The average Bonchev–Trinajstić information content (AvgIpc) is 2.84. The zero-order valence-corrected chi connectivity index (χ0v) is 23.3. The molecule has 10 heteroatoms. The van der Waals surface area contributed by atoms with E-state index in [9.17, 15) is 35.0 Å². The summed E-state index contributed by atoms with van der Waals surface area (Å²) in [6.45, 7) is 6.70. The molecule has 1 aromatic carbocycles. The molecule has 1 heterocycles. The molecule has 1 aliphatic heterocycles. The number of ketones is 2. The third-order valence-electron chi connectivity index (χ3n) is 9.36. The van der Waals surface area contributed by atoms with Crippen LogP contribution in [0.3, 0.4) is 0 Å². The first kappa shape index (κ1) is 27.9. The Hall–Kier alpha value is -3.68. The molecule has 3 aliphatic carbocycles. The van der Waals surface area contributed by atoms with Crippen molar-refractivity contribution in [3.05, 3.63) is 45.2 Å². The van der Waals surface area contributed by atoms with Gasteiger partial charge in [0, 0.05) is 12.1 Å². The molecule has 1 amide bonds. The Kier molecular flexibility index (Phi) is 6.79. The van der Waals surface area contributed by atoms with E-state index in [1.807, 2.05) is 0 Å². The zero-order valence-electron chi connectivity index (χ0n) is 23.3. The number of aliphatic hydroxyl groups excluding tert-OH is 2. The summed E-state index contributed by atoms with van der Waals surface area (Å²) in [6.07, 6.45) is 2.51. The summed E-state index contributed by atoms with van der Waals surface area (Å²) >= 11 is 0. The highest BCUT2D eigenvalue weighted by atomic mass is 16.3. The number of benzene rings is 1. The van der Waals surface area contributed by atoms with E-state index in [2.05, 4.69) is 24.8 Å². The molecular weight excluding hydrogens is 512 g/mol. The van der Waals surface area contributed by atoms with E-state index in [1.54, 1.807) is 19.0 Å². The van der Waals surface area contributed by atoms with Crippen LogP contribution in [-0.2, 0) is 27.3 Å². The Bertz CT molecular complexity index is 1420. The number of hydrogen-bond donors (Lipinski definition) is 4. The van der Waals surface area contributed by atoms with Gasteiger partial charge in [0.25, 0.3) is 5.91 Å². The minimum Gasteiger partial charge on any atom is -0.510 e. The molecule has 10 nitrogen and oxygen atoms in total. The minimum atomic E-state index is -1.30. The Balaban J connectivity index is 1.57. The zero-order chi connectivity index (χ0) is 29.3. The fraction of sp³-hybridized carbons (Fsp3) is 0.533. The maximum Gasteiger partial charge on any atom is 0.255 e. The van der Waals surface area contributed by atoms with Crippen molar-refractivity contribution < 1.29 is 29.7 Å². The van der Waals surface area contributed by atoms with Gasteiger partial charge in [0.05, 0.1) is 29.2 Å². The Morgan fingerprint density at radius 2 is 1.82 bits per heavy atom. The van der Waals surface area contributed by atoms with Crippen molar-refractivity contribution in [2.24, 2.45) is 28.9 Å². The van der Waals surface area contributed by atoms with E-state index in [1.165, 1.54) is 6.07 Å². The van der Waals surface area contributed by atoms with Gasteiger partial charge in [0.2, 0.25) is 0 Å². The number of allylic oxidation sites excluding steroid dienone is 1. The van der Waals surface area contributed by atoms with E-state index in [0.29, 0.717) is 23.2 Å². The van der Waals surface area contributed by atoms with Crippen LogP contribution in [0.4, 0.5) is 0 Å². The molecule has 2 fully saturated rings. The lowest BCUT2D eigenvalue weighted by atomic mass is 9.59. The van der Waals surface area contributed by atoms with Gasteiger partial charge in [-0.2, -0.15) is 5.26 Å². The number of fused-ring (bicyclic) bond motifs is 3. The summed E-state index contributed by atoms with van der Waals surface area (Å²) in [6, 6.07) is 2.96. The lowest BCUT2D eigenvalue weighted by Gasteiger charge is -2.46. The number of aromatic hydroxyl groups is 1. The number of rotatable bonds is 4. The fourth-order valence-corrected chi connectivity index (χ4v) is 7.23. The third-order valence-corrected chi connectivity index (χ3v) is 9.36. The van der Waals surface area contributed by atoms with E-state index < -0.39 is 58.4 Å². The number of hydrogen-bond acceptors (Lipinski definition) is 9. The summed E-state index contributed by atoms with van der Waals surface area (Å²) in [5, 5.41) is 43.5. The number of Topliss-reactive ketones (excluding diaryl/α,β-unsaturated/α-hetero) is 2. The smallest absolute Gasteiger partial charge is 0.255 e. The summed E-state index contributed by atoms with van der Waals surface area (Å²) in [5.41, 5.74) is 6.65. The monoisotopic (exact) mass is 548 g/mol. The summed E-state index contributed by atoms with van der Waals surface area (Å²) in [7, 11) is 3.35. The van der Waals surface area contributed by atoms with Gasteiger partial charge in [-0.25, -0.2) is 0 Å². The number of primary amides is 1. The number of likely N-dealkylation sites (N-methyl/N-ethyl adjacent to an activating group) is 1. The van der Waals surface area contributed by atoms with Crippen molar-refractivity contribution in [3.8, 4) is 11.8 Å². The second-order valence-electron chi connectivity index (χ2n) is 12.6. The van der Waals surface area contributed by atoms with Gasteiger partial charge in [-0.05, 0) is 87.3 Å². The maximum atomic E-state index is 13.8. The average molecular weight is 549 g/mol. The topological polar surface area (TPSA) is 168 Å². The first-order valence-corrected chi connectivity index (χ1v) is 13.7. The number of phenols is 1. The molecule has 1 saturated heterocycles. The molecule has 1 saturated carbocycles. The SMILES string of the molecule is CN(C)[C@@H]1C(O)=C(C(N)=O)C(=O)[C@H]2C(=O)C3=C(O)c4c(O)cc(CN5CCC(C)(C)CC5)c(C#N)c4C[C@H]3C[C@H]21. The van der Waals surface area contributed by atoms with Crippen LogP contribution in [0.2, 0.25) is 0 Å². The molecule has 4 aliphatic rings. The van der Waals surface area contributed by atoms with Gasteiger partial charge >= 0.3 is 0 Å². The predicted octanol–water partition coefficient (Wildman–Crippen LogP) is 2.34. The summed E-state index contributed by atoms with van der Waals surface area (Å²) in [4.78, 5) is 43.1. The number of nitriles is 1. The molecule has 5 rings (SSSR count). The fourth-order valence-electron chi connectivity index (χ4n) is 7.23. The lowest BCUT2D eigenvalue weighted by Crippen LogP contribution is -2.55. The van der Waals surface area contributed by atoms with Gasteiger partial charge in [0.15, 0.2) is 11.6 Å². The first-order chi connectivity index (χ1) is 18.8. The highest BCUT2D eigenvalue weighted by Gasteiger charge is 2.56. The normalized spacial score (nSPS) is 28.2. The molecule has 4 atom stereocenters. The van der Waals surface area contributed by atoms with Crippen molar-refractivity contribution in [2.45, 2.75) is 52.1 Å². The highest BCUT2D eigenvalue weighted by molar-refractivity contribution is 6.28. The Morgan fingerprint density at radius 1 is 1.18 bits per heavy atom. The lowest BCUT2D eigenvalue weighted by molar-refractivity contribution is -0.136. The van der Waals surface area contributed by atoms with Crippen molar-refractivity contribution >= 4 is 23.2 Å². The summed E-state index contributed by atoms with van der Waals surface area (Å²) in [5.74, 6) is -6.25. The molecule has 212 valence electrons. The number of likely N-dealkylation sites (tertiary alicyclic amines) is 1. The molecular formula is C30H36N4O6. The Morgan fingerprint density at radius 3 is 2.40 bits per heavy atom. The molecule has 0 bridgehead atoms. The van der Waals surface area contributed by atoms with E-state index in [0.717, 1.165) is 25.9 Å². The molecule has 0 aromatic heterocycles. The molecule has 40 heavy (non-hydrogen) atoms. The number of piperidine rings is 1. The van der Waals surface area contributed by atoms with Crippen LogP contribution in [0, 0.1) is 34.5 Å². The number of phenolic OH excluding ortho intramolecular Hbond substituents is 1. The molecule has 1 aromatic rings. The van der Waals surface area contributed by atoms with Crippen LogP contribution >= 0.6 is 0 Å². The number of nitrogens with two attached hydrogens (primary N) is 1. The third kappa shape index (κ3) is 4.28. The number of amides is 1. The quantitative estimate of drug-likeness (QED) is 0.326. The largest absolute Gasteiger partial charge is 0.510 e. The second-order valence-corrected chi connectivity index (χ2v) is 12.6. The van der Waals surface area contributed by atoms with E-state index in [4.69, 9.17) is 5.73 Å². The Labute approximate surface area is 233 Å². The van der Waals surface area contributed by atoms with Crippen LogP contribution in [0.5, 0.6) is 5.75 Å². The van der Waals surface area contributed by atoms with Gasteiger partial charge in [-0.3, -0.25) is 24.2 Å². The van der Waals surface area contributed by atoms with Gasteiger partial charge in [-0.1, -0.05) is 13.8 Å². The molecule has 0 radical (unpaired) electrons. The van der Waals surface area contributed by atoms with E-state index in [-0.39, 0.29) is 35.1 Å². The molecule has 5 N–H and O–H groups in total.